The van der Waals surface area contributed by atoms with Crippen molar-refractivity contribution < 1.29 is 47.7 Å². The molecule has 0 saturated carbocycles. The molecule has 2 amide bonds. The van der Waals surface area contributed by atoms with E-state index in [4.69, 9.17) is 18.9 Å². The van der Waals surface area contributed by atoms with Gasteiger partial charge < -0.3 is 18.9 Å². The number of hydrazine groups is 1. The molecule has 0 spiro atoms. The highest BCUT2D eigenvalue weighted by molar-refractivity contribution is 8.26. The zero-order chi connectivity index (χ0) is 50.9. The normalized spacial score (nSPS) is 15.5. The number of thioether (sulfide) groups is 4. The molecular formula is C54H66N2O10S4. The van der Waals surface area contributed by atoms with E-state index >= 15 is 0 Å². The van der Waals surface area contributed by atoms with Crippen molar-refractivity contribution in [3.63, 3.8) is 0 Å². The molecular weight excluding hydrogens is 965 g/mol. The smallest absolute Gasteiger partial charge is 0.347 e. The second-order valence-corrected chi connectivity index (χ2v) is 25.1. The first-order valence-corrected chi connectivity index (χ1v) is 27.4. The summed E-state index contributed by atoms with van der Waals surface area (Å²) >= 11 is 4.24. The molecule has 0 bridgehead atoms. The molecule has 1 fully saturated rings. The SMILES string of the molecule is CCCCOC(=O)C(C(=O)OCCCC)=C1Sc2c(OC(=O)CC(C)CC(C)(C)C)c3c(c(OC(=O)CC(C)CC(C)(C)C)c2S1)SC(=C1C(=O)N(Cc2ccccc2)N(Cc2ccccc2)C1=O)S3. The molecule has 12 nitrogen and oxygen atoms in total. The minimum absolute atomic E-state index is 0.0524. The first-order chi connectivity index (χ1) is 33.2. The number of carbonyl (C=O) groups excluding carboxylic acids is 6. The molecule has 70 heavy (non-hydrogen) atoms. The Balaban J connectivity index is 1.53. The molecule has 376 valence electrons. The van der Waals surface area contributed by atoms with Crippen LogP contribution in [0.1, 0.15) is 132 Å². The Labute approximate surface area is 430 Å². The average molecular weight is 1030 g/mol. The van der Waals surface area contributed by atoms with Crippen molar-refractivity contribution >= 4 is 82.7 Å². The summed E-state index contributed by atoms with van der Waals surface area (Å²) in [6.07, 6.45) is 4.32. The number of amides is 2. The highest BCUT2D eigenvalue weighted by Crippen LogP contribution is 2.69. The van der Waals surface area contributed by atoms with Gasteiger partial charge in [0.25, 0.3) is 11.8 Å². The molecule has 1 saturated heterocycles. The number of fused-ring (bicyclic) bond motifs is 2. The van der Waals surface area contributed by atoms with E-state index in [-0.39, 0.29) is 88.7 Å². The summed E-state index contributed by atoms with van der Waals surface area (Å²) in [6.45, 7) is 21.0. The van der Waals surface area contributed by atoms with Crippen molar-refractivity contribution in [3.8, 4) is 11.5 Å². The summed E-state index contributed by atoms with van der Waals surface area (Å²) in [5, 5.41) is 2.91. The van der Waals surface area contributed by atoms with Crippen LogP contribution in [0.4, 0.5) is 0 Å². The third kappa shape index (κ3) is 14.3. The Kier molecular flexibility index (Phi) is 18.9. The molecule has 6 rings (SSSR count). The second-order valence-electron chi connectivity index (χ2n) is 20.5. The first-order valence-electron chi connectivity index (χ1n) is 24.1. The number of esters is 4. The zero-order valence-electron chi connectivity index (χ0n) is 42.0. The maximum atomic E-state index is 14.8. The molecule has 3 aliphatic rings. The van der Waals surface area contributed by atoms with Crippen molar-refractivity contribution in [3.05, 3.63) is 91.4 Å². The van der Waals surface area contributed by atoms with Crippen LogP contribution in [0, 0.1) is 22.7 Å². The van der Waals surface area contributed by atoms with Crippen molar-refractivity contribution in [2.75, 3.05) is 13.2 Å². The largest absolute Gasteiger partial charge is 0.462 e. The monoisotopic (exact) mass is 1030 g/mol. The van der Waals surface area contributed by atoms with Crippen LogP contribution < -0.4 is 9.47 Å². The van der Waals surface area contributed by atoms with Gasteiger partial charge in [-0.25, -0.2) is 19.6 Å². The summed E-state index contributed by atoms with van der Waals surface area (Å²) in [6, 6.07) is 18.8. The topological polar surface area (TPSA) is 146 Å². The summed E-state index contributed by atoms with van der Waals surface area (Å²) < 4.78 is 24.6. The van der Waals surface area contributed by atoms with Crippen LogP contribution >= 0.6 is 47.0 Å². The third-order valence-corrected chi connectivity index (χ3v) is 16.4. The second kappa shape index (κ2) is 24.2. The number of hydrogen-bond acceptors (Lipinski definition) is 14. The van der Waals surface area contributed by atoms with Crippen LogP contribution in [0.15, 0.2) is 99.9 Å². The Morgan fingerprint density at radius 2 is 0.943 bits per heavy atom. The fourth-order valence-electron chi connectivity index (χ4n) is 8.49. The summed E-state index contributed by atoms with van der Waals surface area (Å²) in [5.74, 6) is -3.66. The molecule has 0 N–H and O–H groups in total. The molecule has 0 aromatic heterocycles. The standard InChI is InChI=1S/C54H66N2O10S4/c1-11-13-25-63-49(61)40(50(62)64-26-14-12-2)52-69-45-41(65-37(57)27-33(3)29-53(5,6)7)43-44(42(46(45)70-52)66-38(58)28-34(4)30-54(8,9)10)68-51(67-43)39-47(59)55(31-35-21-17-15-18-22-35)56(48(39)60)32-36-23-19-16-20-24-36/h15-24,33-34H,11-14,25-32H2,1-10H3. The van der Waals surface area contributed by atoms with Crippen LogP contribution in [0.3, 0.4) is 0 Å². The average Bonchev–Trinajstić information content (AvgIpc) is 3.96. The van der Waals surface area contributed by atoms with Crippen molar-refractivity contribution in [2.24, 2.45) is 22.7 Å². The lowest BCUT2D eigenvalue weighted by Gasteiger charge is -2.27. The molecule has 16 heteroatoms. The number of nitrogens with zero attached hydrogens (tertiary/aromatic N) is 2. The van der Waals surface area contributed by atoms with Gasteiger partial charge in [0.2, 0.25) is 0 Å². The molecule has 3 aromatic carbocycles. The van der Waals surface area contributed by atoms with Gasteiger partial charge in [0.1, 0.15) is 5.57 Å². The van der Waals surface area contributed by atoms with Gasteiger partial charge in [0.15, 0.2) is 17.1 Å². The number of ether oxygens (including phenoxy) is 4. The van der Waals surface area contributed by atoms with Crippen LogP contribution in [0.2, 0.25) is 0 Å². The van der Waals surface area contributed by atoms with E-state index < -0.39 is 35.7 Å². The summed E-state index contributed by atoms with van der Waals surface area (Å²) in [7, 11) is 0. The fourth-order valence-corrected chi connectivity index (χ4v) is 14.0. The zero-order valence-corrected chi connectivity index (χ0v) is 45.3. The lowest BCUT2D eigenvalue weighted by molar-refractivity contribution is -0.149. The Morgan fingerprint density at radius 1 is 0.571 bits per heavy atom. The summed E-state index contributed by atoms with van der Waals surface area (Å²) in [5.41, 5.74) is 1.14. The predicted molar refractivity (Wildman–Crippen MR) is 277 cm³/mol. The van der Waals surface area contributed by atoms with Gasteiger partial charge >= 0.3 is 23.9 Å². The number of unbranched alkanes of at least 4 members (excludes halogenated alkanes) is 2. The van der Waals surface area contributed by atoms with Gasteiger partial charge in [0.05, 0.1) is 54.4 Å². The molecule has 0 aliphatic carbocycles. The highest BCUT2D eigenvalue weighted by Gasteiger charge is 2.47. The lowest BCUT2D eigenvalue weighted by atomic mass is 9.84. The number of carbonyl (C=O) groups is 6. The van der Waals surface area contributed by atoms with Crippen LogP contribution in [-0.2, 0) is 51.3 Å². The molecule has 3 heterocycles. The van der Waals surface area contributed by atoms with Gasteiger partial charge in [-0.1, -0.05) is 190 Å². The van der Waals surface area contributed by atoms with E-state index in [0.29, 0.717) is 36.7 Å². The predicted octanol–water partition coefficient (Wildman–Crippen LogP) is 12.9. The maximum Gasteiger partial charge on any atom is 0.347 e. The van der Waals surface area contributed by atoms with E-state index in [0.717, 1.165) is 83.9 Å². The van der Waals surface area contributed by atoms with Crippen molar-refractivity contribution in [1.29, 1.82) is 0 Å². The van der Waals surface area contributed by atoms with Gasteiger partial charge in [-0.15, -0.1) is 0 Å². The maximum absolute atomic E-state index is 14.8. The van der Waals surface area contributed by atoms with Gasteiger partial charge in [-0.2, -0.15) is 0 Å². The summed E-state index contributed by atoms with van der Waals surface area (Å²) in [4.78, 5) is 87.1. The molecule has 3 aromatic rings. The number of rotatable bonds is 20. The number of benzene rings is 3. The van der Waals surface area contributed by atoms with Crippen molar-refractivity contribution in [1.82, 2.24) is 10.0 Å². The Bertz CT molecular complexity index is 2350. The molecule has 3 aliphatic heterocycles. The van der Waals surface area contributed by atoms with Crippen molar-refractivity contribution in [2.45, 2.75) is 153 Å². The van der Waals surface area contributed by atoms with Gasteiger partial charge in [0, 0.05) is 12.8 Å². The Hall–Kier alpha value is -4.64. The molecule has 2 unspecified atom stereocenters. The van der Waals surface area contributed by atoms with E-state index in [2.05, 4.69) is 41.5 Å². The first kappa shape index (κ1) is 54.7. The van der Waals surface area contributed by atoms with E-state index in [9.17, 15) is 28.8 Å². The minimum Gasteiger partial charge on any atom is -0.462 e. The minimum atomic E-state index is -0.858. The third-order valence-electron chi connectivity index (χ3n) is 11.2. The van der Waals surface area contributed by atoms with Crippen LogP contribution in [0.5, 0.6) is 11.5 Å². The number of hydrogen-bond donors (Lipinski definition) is 0. The van der Waals surface area contributed by atoms with Gasteiger partial charge in [-0.3, -0.25) is 19.2 Å². The van der Waals surface area contributed by atoms with E-state index in [1.807, 2.05) is 88.4 Å². The fraction of sp³-hybridized carbons (Fsp3) is 0.481. The van der Waals surface area contributed by atoms with Gasteiger partial charge in [-0.05, 0) is 59.5 Å². The van der Waals surface area contributed by atoms with E-state index in [1.54, 1.807) is 0 Å². The van der Waals surface area contributed by atoms with Crippen LogP contribution in [0.25, 0.3) is 0 Å². The quantitative estimate of drug-likeness (QED) is 0.0264. The van der Waals surface area contributed by atoms with E-state index in [1.165, 1.54) is 10.0 Å². The molecule has 2 atom stereocenters. The lowest BCUT2D eigenvalue weighted by Crippen LogP contribution is -2.39. The Morgan fingerprint density at radius 3 is 1.30 bits per heavy atom. The highest BCUT2D eigenvalue weighted by atomic mass is 32.2. The molecule has 0 radical (unpaired) electrons. The van der Waals surface area contributed by atoms with Crippen LogP contribution in [-0.4, -0.2) is 58.9 Å².